The fraction of sp³-hybridized carbons (Fsp3) is 0.200. The van der Waals surface area contributed by atoms with Crippen LogP contribution in [0, 0.1) is 11.6 Å². The highest BCUT2D eigenvalue weighted by Crippen LogP contribution is 2.40. The van der Waals surface area contributed by atoms with E-state index in [9.17, 15) is 13.6 Å². The number of aromatic amines is 1. The van der Waals surface area contributed by atoms with Crippen LogP contribution in [-0.2, 0) is 6.42 Å². The Kier molecular flexibility index (Phi) is 5.13. The van der Waals surface area contributed by atoms with Gasteiger partial charge in [-0.05, 0) is 18.2 Å². The molecule has 3 aromatic rings. The smallest absolute Gasteiger partial charge is 0.255 e. The fourth-order valence-corrected chi connectivity index (χ4v) is 3.28. The molecule has 3 heterocycles. The number of ether oxygens (including phenoxy) is 1. The lowest BCUT2D eigenvalue weighted by atomic mass is 10.0. The summed E-state index contributed by atoms with van der Waals surface area (Å²) in [5, 5.41) is 14.9. The zero-order valence-electron chi connectivity index (χ0n) is 15.3. The highest BCUT2D eigenvalue weighted by Gasteiger charge is 2.28. The van der Waals surface area contributed by atoms with Crippen molar-refractivity contribution in [2.24, 2.45) is 0 Å². The first-order chi connectivity index (χ1) is 14.1. The van der Waals surface area contributed by atoms with Crippen molar-refractivity contribution in [1.29, 1.82) is 0 Å². The van der Waals surface area contributed by atoms with Crippen LogP contribution in [0.5, 0.6) is 5.75 Å². The molecule has 0 spiro atoms. The SMILES string of the molecule is O=C1NCCc2[nH]c(-c3ccncc3OCCO)c(Nc3ccc(F)c(F)c3)c21. The normalized spacial score (nSPS) is 13.0. The minimum absolute atomic E-state index is 0.0749. The number of halogens is 2. The van der Waals surface area contributed by atoms with Crippen LogP contribution in [0.15, 0.2) is 36.7 Å². The van der Waals surface area contributed by atoms with Crippen LogP contribution in [0.2, 0.25) is 0 Å². The lowest BCUT2D eigenvalue weighted by molar-refractivity contribution is 0.0947. The number of fused-ring (bicyclic) bond motifs is 1. The minimum atomic E-state index is -0.999. The number of aliphatic hydroxyl groups is 1. The van der Waals surface area contributed by atoms with Gasteiger partial charge in [-0.15, -0.1) is 0 Å². The summed E-state index contributed by atoms with van der Waals surface area (Å²) in [4.78, 5) is 19.8. The van der Waals surface area contributed by atoms with E-state index in [1.165, 1.54) is 12.3 Å². The van der Waals surface area contributed by atoms with E-state index < -0.39 is 11.6 Å². The zero-order chi connectivity index (χ0) is 20.4. The molecule has 7 nitrogen and oxygen atoms in total. The number of carbonyl (C=O) groups is 1. The Labute approximate surface area is 164 Å². The molecule has 0 atom stereocenters. The average Bonchev–Trinajstić information content (AvgIpc) is 3.09. The second-order valence-electron chi connectivity index (χ2n) is 6.43. The van der Waals surface area contributed by atoms with Gasteiger partial charge in [0.25, 0.3) is 5.91 Å². The third kappa shape index (κ3) is 3.64. The molecule has 1 aromatic carbocycles. The molecule has 1 aliphatic rings. The highest BCUT2D eigenvalue weighted by atomic mass is 19.2. The van der Waals surface area contributed by atoms with Gasteiger partial charge in [-0.2, -0.15) is 0 Å². The van der Waals surface area contributed by atoms with Crippen molar-refractivity contribution in [2.75, 3.05) is 25.1 Å². The largest absolute Gasteiger partial charge is 0.489 e. The number of nitrogens with one attached hydrogen (secondary N) is 3. The van der Waals surface area contributed by atoms with E-state index >= 15 is 0 Å². The van der Waals surface area contributed by atoms with E-state index in [1.54, 1.807) is 12.3 Å². The van der Waals surface area contributed by atoms with Gasteiger partial charge in [-0.25, -0.2) is 8.78 Å². The molecule has 29 heavy (non-hydrogen) atoms. The van der Waals surface area contributed by atoms with Gasteiger partial charge in [0.2, 0.25) is 0 Å². The highest BCUT2D eigenvalue weighted by molar-refractivity contribution is 6.06. The molecular weight excluding hydrogens is 382 g/mol. The van der Waals surface area contributed by atoms with Crippen molar-refractivity contribution in [3.8, 4) is 17.0 Å². The molecule has 0 saturated heterocycles. The zero-order valence-corrected chi connectivity index (χ0v) is 15.3. The van der Waals surface area contributed by atoms with Crippen molar-refractivity contribution < 1.29 is 23.4 Å². The number of amides is 1. The van der Waals surface area contributed by atoms with Crippen molar-refractivity contribution >= 4 is 17.3 Å². The maximum atomic E-state index is 13.7. The van der Waals surface area contributed by atoms with Crippen molar-refractivity contribution in [1.82, 2.24) is 15.3 Å². The van der Waals surface area contributed by atoms with Gasteiger partial charge >= 0.3 is 0 Å². The number of H-pyrrole nitrogens is 1. The van der Waals surface area contributed by atoms with E-state index in [0.29, 0.717) is 41.2 Å². The standard InChI is InChI=1S/C20H18F2N4O3/c21-13-2-1-11(9-14(13)22)25-19-17-15(4-6-24-20(17)28)26-18(19)12-3-5-23-10-16(12)29-8-7-27/h1-3,5,9-10,25-27H,4,6-8H2,(H,24,28). The molecule has 9 heteroatoms. The van der Waals surface area contributed by atoms with Crippen molar-refractivity contribution in [2.45, 2.75) is 6.42 Å². The van der Waals surface area contributed by atoms with Gasteiger partial charge in [0.1, 0.15) is 12.4 Å². The van der Waals surface area contributed by atoms with E-state index in [-0.39, 0.29) is 24.8 Å². The van der Waals surface area contributed by atoms with Crippen molar-refractivity contribution in [3.05, 3.63) is 59.6 Å². The number of hydrogen-bond donors (Lipinski definition) is 4. The molecule has 2 aromatic heterocycles. The minimum Gasteiger partial charge on any atom is -0.489 e. The predicted molar refractivity (Wildman–Crippen MR) is 102 cm³/mol. The predicted octanol–water partition coefficient (Wildman–Crippen LogP) is 2.76. The van der Waals surface area contributed by atoms with Crippen LogP contribution in [0.3, 0.4) is 0 Å². The summed E-state index contributed by atoms with van der Waals surface area (Å²) in [6.45, 7) is 0.393. The van der Waals surface area contributed by atoms with Gasteiger partial charge in [0, 0.05) is 42.2 Å². The first-order valence-electron chi connectivity index (χ1n) is 9.01. The molecule has 0 bridgehead atoms. The summed E-state index contributed by atoms with van der Waals surface area (Å²) in [5.41, 5.74) is 2.99. The molecule has 4 rings (SSSR count). The molecule has 1 amide bonds. The monoisotopic (exact) mass is 400 g/mol. The van der Waals surface area contributed by atoms with Gasteiger partial charge in [-0.3, -0.25) is 9.78 Å². The Balaban J connectivity index is 1.84. The maximum Gasteiger partial charge on any atom is 0.255 e. The lowest BCUT2D eigenvalue weighted by Crippen LogP contribution is -2.31. The number of aromatic nitrogens is 2. The summed E-state index contributed by atoms with van der Waals surface area (Å²) in [7, 11) is 0. The van der Waals surface area contributed by atoms with Gasteiger partial charge in [0.05, 0.1) is 29.7 Å². The third-order valence-corrected chi connectivity index (χ3v) is 4.56. The van der Waals surface area contributed by atoms with Gasteiger partial charge in [-0.1, -0.05) is 0 Å². The number of hydrogen-bond acceptors (Lipinski definition) is 5. The average molecular weight is 400 g/mol. The van der Waals surface area contributed by atoms with Crippen LogP contribution < -0.4 is 15.4 Å². The van der Waals surface area contributed by atoms with E-state index in [4.69, 9.17) is 9.84 Å². The Morgan fingerprint density at radius 3 is 2.90 bits per heavy atom. The molecule has 0 saturated carbocycles. The first-order valence-corrected chi connectivity index (χ1v) is 9.01. The Hall–Kier alpha value is -3.46. The number of carbonyl (C=O) groups excluding carboxylic acids is 1. The summed E-state index contributed by atoms with van der Waals surface area (Å²) in [6.07, 6.45) is 3.67. The number of rotatable bonds is 6. The maximum absolute atomic E-state index is 13.7. The Morgan fingerprint density at radius 2 is 2.10 bits per heavy atom. The Bertz CT molecular complexity index is 1070. The number of anilines is 2. The van der Waals surface area contributed by atoms with Crippen LogP contribution in [-0.4, -0.2) is 40.7 Å². The molecule has 150 valence electrons. The summed E-state index contributed by atoms with van der Waals surface area (Å²) >= 11 is 0. The molecule has 4 N–H and O–H groups in total. The third-order valence-electron chi connectivity index (χ3n) is 4.56. The van der Waals surface area contributed by atoms with Crippen molar-refractivity contribution in [3.63, 3.8) is 0 Å². The van der Waals surface area contributed by atoms with E-state index in [2.05, 4.69) is 20.6 Å². The first kappa shape index (κ1) is 18.9. The summed E-state index contributed by atoms with van der Waals surface area (Å²) in [5.74, 6) is -1.82. The fourth-order valence-electron chi connectivity index (χ4n) is 3.28. The van der Waals surface area contributed by atoms with E-state index in [1.807, 2.05) is 0 Å². The molecule has 0 fully saturated rings. The van der Waals surface area contributed by atoms with Crippen LogP contribution in [0.1, 0.15) is 16.1 Å². The van der Waals surface area contributed by atoms with Crippen LogP contribution >= 0.6 is 0 Å². The molecule has 0 unspecified atom stereocenters. The molecular formula is C20H18F2N4O3. The number of aliphatic hydroxyl groups excluding tert-OH is 1. The number of pyridine rings is 1. The molecule has 0 aliphatic carbocycles. The van der Waals surface area contributed by atoms with Crippen LogP contribution in [0.4, 0.5) is 20.2 Å². The number of benzene rings is 1. The second kappa shape index (κ2) is 7.88. The quantitative estimate of drug-likeness (QED) is 0.510. The van der Waals surface area contributed by atoms with Gasteiger partial charge in [0.15, 0.2) is 11.6 Å². The van der Waals surface area contributed by atoms with Gasteiger partial charge < -0.3 is 25.5 Å². The van der Waals surface area contributed by atoms with E-state index in [0.717, 1.165) is 17.8 Å². The molecule has 0 radical (unpaired) electrons. The summed E-state index contributed by atoms with van der Waals surface area (Å²) < 4.78 is 32.6. The number of nitrogens with zero attached hydrogens (tertiary/aromatic N) is 1. The molecule has 1 aliphatic heterocycles. The lowest BCUT2D eigenvalue weighted by Gasteiger charge is -2.15. The Morgan fingerprint density at radius 1 is 1.24 bits per heavy atom. The topological polar surface area (TPSA) is 99.3 Å². The van der Waals surface area contributed by atoms with Crippen LogP contribution in [0.25, 0.3) is 11.3 Å². The summed E-state index contributed by atoms with van der Waals surface area (Å²) in [6, 6.07) is 5.13. The second-order valence-corrected chi connectivity index (χ2v) is 6.43.